The molecule has 0 radical (unpaired) electrons. The molecule has 0 aromatic heterocycles. The first kappa shape index (κ1) is 16.6. The van der Waals surface area contributed by atoms with Crippen LogP contribution in [0.1, 0.15) is 47.6 Å². The fraction of sp³-hybridized carbons (Fsp3) is 0.400. The van der Waals surface area contributed by atoms with Crippen molar-refractivity contribution in [1.29, 1.82) is 0 Å². The Hall–Kier alpha value is -1.85. The van der Waals surface area contributed by atoms with E-state index in [9.17, 15) is 13.5 Å². The summed E-state index contributed by atoms with van der Waals surface area (Å²) in [6.07, 6.45) is 4.09. The normalized spacial score (nSPS) is 20.1. The second kappa shape index (κ2) is 6.15. The molecule has 0 spiro atoms. The average molecular weight is 357 g/mol. The van der Waals surface area contributed by atoms with Crippen LogP contribution in [0.2, 0.25) is 0 Å². The monoisotopic (exact) mass is 357 g/mol. The van der Waals surface area contributed by atoms with Crippen LogP contribution in [0, 0.1) is 6.92 Å². The summed E-state index contributed by atoms with van der Waals surface area (Å²) in [6.45, 7) is 2.20. The van der Waals surface area contributed by atoms with Gasteiger partial charge in [0, 0.05) is 12.1 Å². The minimum Gasteiger partial charge on any atom is -0.388 e. The van der Waals surface area contributed by atoms with E-state index in [1.165, 1.54) is 16.3 Å². The zero-order valence-corrected chi connectivity index (χ0v) is 15.2. The first-order chi connectivity index (χ1) is 12.0. The van der Waals surface area contributed by atoms with Gasteiger partial charge in [-0.15, -0.1) is 0 Å². The van der Waals surface area contributed by atoms with Crippen molar-refractivity contribution in [3.63, 3.8) is 0 Å². The van der Waals surface area contributed by atoms with E-state index >= 15 is 0 Å². The van der Waals surface area contributed by atoms with E-state index in [1.54, 1.807) is 6.07 Å². The van der Waals surface area contributed by atoms with Crippen molar-refractivity contribution in [2.24, 2.45) is 0 Å². The molecule has 1 heterocycles. The van der Waals surface area contributed by atoms with E-state index in [-0.39, 0.29) is 0 Å². The highest BCUT2D eigenvalue weighted by Crippen LogP contribution is 2.39. The third-order valence-corrected chi connectivity index (χ3v) is 7.19. The fourth-order valence-corrected chi connectivity index (χ4v) is 5.66. The van der Waals surface area contributed by atoms with Crippen LogP contribution >= 0.6 is 0 Å². The molecule has 1 N–H and O–H groups in total. The lowest BCUT2D eigenvalue weighted by Crippen LogP contribution is -2.37. The van der Waals surface area contributed by atoms with Gasteiger partial charge >= 0.3 is 0 Å². The highest BCUT2D eigenvalue weighted by molar-refractivity contribution is 7.92. The molecule has 2 aliphatic rings. The van der Waals surface area contributed by atoms with Gasteiger partial charge in [0.05, 0.1) is 16.7 Å². The zero-order chi connectivity index (χ0) is 17.6. The molecule has 5 heteroatoms. The molecule has 25 heavy (non-hydrogen) atoms. The quantitative estimate of drug-likeness (QED) is 0.895. The second-order valence-corrected chi connectivity index (χ2v) is 8.89. The zero-order valence-electron chi connectivity index (χ0n) is 14.4. The van der Waals surface area contributed by atoms with Crippen LogP contribution in [-0.2, 0) is 22.9 Å². The molecule has 1 aliphatic carbocycles. The number of sulfonamides is 1. The maximum atomic E-state index is 13.3. The minimum absolute atomic E-state index is 0.304. The van der Waals surface area contributed by atoms with Crippen molar-refractivity contribution in [2.75, 3.05) is 10.8 Å². The van der Waals surface area contributed by atoms with E-state index in [1.807, 2.05) is 37.3 Å². The van der Waals surface area contributed by atoms with Gasteiger partial charge in [-0.1, -0.05) is 24.3 Å². The highest BCUT2D eigenvalue weighted by Gasteiger charge is 2.33. The van der Waals surface area contributed by atoms with Gasteiger partial charge < -0.3 is 5.11 Å². The van der Waals surface area contributed by atoms with Gasteiger partial charge in [-0.3, -0.25) is 4.31 Å². The lowest BCUT2D eigenvalue weighted by molar-refractivity contribution is 0.166. The van der Waals surface area contributed by atoms with Gasteiger partial charge in [0.15, 0.2) is 0 Å². The topological polar surface area (TPSA) is 57.6 Å². The Morgan fingerprint density at radius 3 is 2.64 bits per heavy atom. The molecular weight excluding hydrogens is 334 g/mol. The van der Waals surface area contributed by atoms with E-state index < -0.39 is 16.1 Å². The largest absolute Gasteiger partial charge is 0.388 e. The van der Waals surface area contributed by atoms with Gasteiger partial charge in [0.1, 0.15) is 0 Å². The lowest BCUT2D eigenvalue weighted by atomic mass is 9.92. The number of hydrogen-bond donors (Lipinski definition) is 1. The molecule has 0 fully saturated rings. The number of rotatable bonds is 2. The molecule has 0 saturated carbocycles. The van der Waals surface area contributed by atoms with E-state index in [0.29, 0.717) is 29.1 Å². The Labute approximate surface area is 149 Å². The maximum absolute atomic E-state index is 13.3. The summed E-state index contributed by atoms with van der Waals surface area (Å²) >= 11 is 0. The number of aliphatic hydroxyl groups excluding tert-OH is 1. The Kier molecular flexibility index (Phi) is 4.08. The van der Waals surface area contributed by atoms with Crippen molar-refractivity contribution >= 4 is 15.7 Å². The van der Waals surface area contributed by atoms with Gasteiger partial charge in [-0.25, -0.2) is 8.42 Å². The standard InChI is InChI=1S/C20H23NO3S/c1-14-5-4-8-18-19(22)11-12-21(20(14)18)25(23,24)17-10-9-15-6-2-3-7-16(15)13-17/h4-5,8-10,13,19,22H,2-3,6-7,11-12H2,1H3. The van der Waals surface area contributed by atoms with Crippen molar-refractivity contribution in [3.05, 3.63) is 58.7 Å². The molecule has 0 amide bonds. The Morgan fingerprint density at radius 2 is 1.84 bits per heavy atom. The molecule has 132 valence electrons. The third-order valence-electron chi connectivity index (χ3n) is 5.39. The number of nitrogens with zero attached hydrogens (tertiary/aromatic N) is 1. The summed E-state index contributed by atoms with van der Waals surface area (Å²) in [7, 11) is -3.63. The minimum atomic E-state index is -3.63. The number of para-hydroxylation sites is 1. The Bertz CT molecular complexity index is 921. The molecule has 4 nitrogen and oxygen atoms in total. The number of anilines is 1. The molecule has 0 saturated heterocycles. The Morgan fingerprint density at radius 1 is 1.08 bits per heavy atom. The first-order valence-corrected chi connectivity index (χ1v) is 10.3. The Balaban J connectivity index is 1.81. The summed E-state index contributed by atoms with van der Waals surface area (Å²) in [5.41, 5.74) is 4.65. The third kappa shape index (κ3) is 2.75. The molecule has 1 aliphatic heterocycles. The molecule has 4 rings (SSSR count). The van der Waals surface area contributed by atoms with Crippen LogP contribution in [-0.4, -0.2) is 20.1 Å². The summed E-state index contributed by atoms with van der Waals surface area (Å²) in [5, 5.41) is 10.3. The van der Waals surface area contributed by atoms with E-state index in [0.717, 1.165) is 30.4 Å². The van der Waals surface area contributed by atoms with Gasteiger partial charge in [0.2, 0.25) is 0 Å². The fourth-order valence-electron chi connectivity index (χ4n) is 4.04. The maximum Gasteiger partial charge on any atom is 0.264 e. The number of benzene rings is 2. The first-order valence-electron chi connectivity index (χ1n) is 8.90. The van der Waals surface area contributed by atoms with E-state index in [2.05, 4.69) is 0 Å². The van der Waals surface area contributed by atoms with Crippen LogP contribution < -0.4 is 4.31 Å². The SMILES string of the molecule is Cc1cccc2c1N(S(=O)(=O)c1ccc3c(c1)CCCC3)CCC2O. The molecule has 1 unspecified atom stereocenters. The molecule has 2 aromatic rings. The lowest BCUT2D eigenvalue weighted by Gasteiger charge is -2.34. The van der Waals surface area contributed by atoms with Gasteiger partial charge in [-0.2, -0.15) is 0 Å². The second-order valence-electron chi connectivity index (χ2n) is 7.03. The van der Waals surface area contributed by atoms with Crippen molar-refractivity contribution in [3.8, 4) is 0 Å². The molecular formula is C20H23NO3S. The molecule has 0 bridgehead atoms. The van der Waals surface area contributed by atoms with Crippen LogP contribution in [0.3, 0.4) is 0 Å². The van der Waals surface area contributed by atoms with Gasteiger partial charge in [0.25, 0.3) is 10.0 Å². The van der Waals surface area contributed by atoms with Crippen molar-refractivity contribution in [2.45, 2.75) is 50.0 Å². The highest BCUT2D eigenvalue weighted by atomic mass is 32.2. The summed E-state index contributed by atoms with van der Waals surface area (Å²) in [4.78, 5) is 0.360. The average Bonchev–Trinajstić information content (AvgIpc) is 2.62. The van der Waals surface area contributed by atoms with Gasteiger partial charge in [-0.05, 0) is 67.9 Å². The van der Waals surface area contributed by atoms with Crippen LogP contribution in [0.5, 0.6) is 0 Å². The van der Waals surface area contributed by atoms with Crippen molar-refractivity contribution in [1.82, 2.24) is 0 Å². The molecule has 2 aromatic carbocycles. The molecule has 1 atom stereocenters. The number of aliphatic hydroxyl groups is 1. The number of fused-ring (bicyclic) bond motifs is 2. The smallest absolute Gasteiger partial charge is 0.264 e. The van der Waals surface area contributed by atoms with E-state index in [4.69, 9.17) is 0 Å². The van der Waals surface area contributed by atoms with Crippen LogP contribution in [0.25, 0.3) is 0 Å². The summed E-state index contributed by atoms with van der Waals surface area (Å²) in [5.74, 6) is 0. The van der Waals surface area contributed by atoms with Crippen molar-refractivity contribution < 1.29 is 13.5 Å². The summed E-state index contributed by atoms with van der Waals surface area (Å²) < 4.78 is 28.2. The summed E-state index contributed by atoms with van der Waals surface area (Å²) in [6, 6.07) is 11.1. The van der Waals surface area contributed by atoms with Crippen LogP contribution in [0.4, 0.5) is 5.69 Å². The predicted molar refractivity (Wildman–Crippen MR) is 98.4 cm³/mol. The predicted octanol–water partition coefficient (Wildman–Crippen LogP) is 3.51. The number of aryl methyl sites for hydroxylation is 3. The van der Waals surface area contributed by atoms with Crippen LogP contribution in [0.15, 0.2) is 41.3 Å². The number of hydrogen-bond acceptors (Lipinski definition) is 3.